The molecule has 0 aromatic heterocycles. The first-order valence-electron chi connectivity index (χ1n) is 7.36. The first-order valence-corrected chi connectivity index (χ1v) is 9.22. The lowest BCUT2D eigenvalue weighted by molar-refractivity contribution is -0.135. The average Bonchev–Trinajstić information content (AvgIpc) is 2.47. The first kappa shape index (κ1) is 17.2. The molecule has 1 heterocycles. The van der Waals surface area contributed by atoms with Crippen LogP contribution in [-0.4, -0.2) is 38.4 Å². The third-order valence-corrected chi connectivity index (χ3v) is 5.48. The highest BCUT2D eigenvalue weighted by Gasteiger charge is 2.27. The molecule has 0 atom stereocenters. The zero-order valence-corrected chi connectivity index (χ0v) is 14.3. The highest BCUT2D eigenvalue weighted by Crippen LogP contribution is 2.18. The second-order valence-corrected chi connectivity index (χ2v) is 7.98. The van der Waals surface area contributed by atoms with Gasteiger partial charge in [-0.15, -0.1) is 0 Å². The number of likely N-dealkylation sites (tertiary alicyclic amines) is 1. The Morgan fingerprint density at radius 1 is 1.32 bits per heavy atom. The molecule has 0 aliphatic carbocycles. The van der Waals surface area contributed by atoms with Crippen LogP contribution in [0.1, 0.15) is 26.7 Å². The molecule has 0 radical (unpaired) electrons. The molecule has 1 fully saturated rings. The summed E-state index contributed by atoms with van der Waals surface area (Å²) in [5, 5.41) is 0.389. The zero-order chi connectivity index (χ0) is 16.3. The third kappa shape index (κ3) is 4.21. The van der Waals surface area contributed by atoms with Crippen molar-refractivity contribution < 1.29 is 13.2 Å². The topological polar surface area (TPSA) is 66.5 Å². The number of benzene rings is 1. The van der Waals surface area contributed by atoms with Crippen LogP contribution < -0.4 is 4.72 Å². The van der Waals surface area contributed by atoms with Gasteiger partial charge >= 0.3 is 0 Å². The van der Waals surface area contributed by atoms with Gasteiger partial charge in [-0.2, -0.15) is 0 Å². The summed E-state index contributed by atoms with van der Waals surface area (Å²) in [7, 11) is -3.57. The standard InChI is InChI=1S/C15H21ClN2O3S/c1-11(2)15(19)18-8-6-13(7-9-18)17-22(20,21)14-5-3-4-12(16)10-14/h3-5,10-11,13,17H,6-9H2,1-2H3. The van der Waals surface area contributed by atoms with E-state index < -0.39 is 10.0 Å². The molecule has 2 rings (SSSR count). The lowest BCUT2D eigenvalue weighted by atomic mass is 10.0. The molecule has 1 aromatic carbocycles. The maximum absolute atomic E-state index is 12.3. The second-order valence-electron chi connectivity index (χ2n) is 5.83. The van der Waals surface area contributed by atoms with E-state index in [0.29, 0.717) is 31.0 Å². The van der Waals surface area contributed by atoms with Crippen molar-refractivity contribution in [2.75, 3.05) is 13.1 Å². The monoisotopic (exact) mass is 344 g/mol. The second kappa shape index (κ2) is 6.98. The van der Waals surface area contributed by atoms with Gasteiger partial charge in [0.1, 0.15) is 0 Å². The summed E-state index contributed by atoms with van der Waals surface area (Å²) in [6.45, 7) is 4.91. The van der Waals surface area contributed by atoms with E-state index >= 15 is 0 Å². The highest BCUT2D eigenvalue weighted by atomic mass is 35.5. The number of hydrogen-bond acceptors (Lipinski definition) is 3. The van der Waals surface area contributed by atoms with E-state index in [1.807, 2.05) is 13.8 Å². The number of rotatable bonds is 4. The molecule has 5 nitrogen and oxygen atoms in total. The van der Waals surface area contributed by atoms with Crippen LogP contribution in [0.15, 0.2) is 29.2 Å². The van der Waals surface area contributed by atoms with E-state index in [1.165, 1.54) is 12.1 Å². The quantitative estimate of drug-likeness (QED) is 0.911. The minimum Gasteiger partial charge on any atom is -0.342 e. The van der Waals surface area contributed by atoms with Crippen molar-refractivity contribution >= 4 is 27.5 Å². The Morgan fingerprint density at radius 2 is 1.95 bits per heavy atom. The fourth-order valence-corrected chi connectivity index (χ4v) is 4.11. The number of nitrogens with zero attached hydrogens (tertiary/aromatic N) is 1. The molecule has 0 saturated carbocycles. The van der Waals surface area contributed by atoms with Crippen LogP contribution in [0.5, 0.6) is 0 Å². The predicted molar refractivity (Wildman–Crippen MR) is 86.2 cm³/mol. The molecule has 0 bridgehead atoms. The Balaban J connectivity index is 1.97. The summed E-state index contributed by atoms with van der Waals surface area (Å²) >= 11 is 5.84. The van der Waals surface area contributed by atoms with Crippen molar-refractivity contribution in [3.8, 4) is 0 Å². The Labute approximate surface area is 136 Å². The van der Waals surface area contributed by atoms with Crippen molar-refractivity contribution in [3.05, 3.63) is 29.3 Å². The van der Waals surface area contributed by atoms with Crippen molar-refractivity contribution in [1.29, 1.82) is 0 Å². The summed E-state index contributed by atoms with van der Waals surface area (Å²) in [6, 6.07) is 6.05. The summed E-state index contributed by atoms with van der Waals surface area (Å²) in [5.74, 6) is 0.0934. The fourth-order valence-electron chi connectivity index (χ4n) is 2.50. The molecular weight excluding hydrogens is 324 g/mol. The number of halogens is 1. The Bertz CT molecular complexity index is 638. The van der Waals surface area contributed by atoms with E-state index in [9.17, 15) is 13.2 Å². The molecule has 1 amide bonds. The maximum Gasteiger partial charge on any atom is 0.240 e. The van der Waals surface area contributed by atoms with Crippen molar-refractivity contribution in [3.63, 3.8) is 0 Å². The van der Waals surface area contributed by atoms with Gasteiger partial charge in [0.25, 0.3) is 0 Å². The number of amides is 1. The van der Waals surface area contributed by atoms with Gasteiger partial charge in [0, 0.05) is 30.1 Å². The lowest BCUT2D eigenvalue weighted by Gasteiger charge is -2.33. The largest absolute Gasteiger partial charge is 0.342 e. The van der Waals surface area contributed by atoms with Gasteiger partial charge in [-0.3, -0.25) is 4.79 Å². The summed E-state index contributed by atoms with van der Waals surface area (Å²) in [5.41, 5.74) is 0. The van der Waals surface area contributed by atoms with Crippen LogP contribution >= 0.6 is 11.6 Å². The molecule has 1 N–H and O–H groups in total. The van der Waals surface area contributed by atoms with Crippen molar-refractivity contribution in [2.24, 2.45) is 5.92 Å². The van der Waals surface area contributed by atoms with Gasteiger partial charge in [0.2, 0.25) is 15.9 Å². The predicted octanol–water partition coefficient (Wildman–Crippen LogP) is 2.27. The Hall–Kier alpha value is -1.11. The number of carbonyl (C=O) groups is 1. The Kier molecular flexibility index (Phi) is 5.47. The normalized spacial score (nSPS) is 17.0. The SMILES string of the molecule is CC(C)C(=O)N1CCC(NS(=O)(=O)c2cccc(Cl)c2)CC1. The third-order valence-electron chi connectivity index (χ3n) is 3.73. The highest BCUT2D eigenvalue weighted by molar-refractivity contribution is 7.89. The van der Waals surface area contributed by atoms with Gasteiger partial charge in [0.05, 0.1) is 4.90 Å². The summed E-state index contributed by atoms with van der Waals surface area (Å²) in [6.07, 6.45) is 1.25. The van der Waals surface area contributed by atoms with Gasteiger partial charge < -0.3 is 4.90 Å². The smallest absolute Gasteiger partial charge is 0.240 e. The molecule has 0 unspecified atom stereocenters. The number of carbonyl (C=O) groups excluding carboxylic acids is 1. The molecule has 1 saturated heterocycles. The number of sulfonamides is 1. The first-order chi connectivity index (χ1) is 10.3. The molecule has 7 heteroatoms. The van der Waals surface area contributed by atoms with Crippen LogP contribution in [0.25, 0.3) is 0 Å². The number of piperidine rings is 1. The lowest BCUT2D eigenvalue weighted by Crippen LogP contribution is -2.47. The van der Waals surface area contributed by atoms with E-state index in [-0.39, 0.29) is 22.8 Å². The molecule has 1 aliphatic heterocycles. The number of nitrogens with one attached hydrogen (secondary N) is 1. The molecular formula is C15H21ClN2O3S. The van der Waals surface area contributed by atoms with Crippen LogP contribution in [0.2, 0.25) is 5.02 Å². The van der Waals surface area contributed by atoms with Gasteiger partial charge in [-0.05, 0) is 31.0 Å². The van der Waals surface area contributed by atoms with E-state index in [1.54, 1.807) is 17.0 Å². The van der Waals surface area contributed by atoms with Crippen LogP contribution in [0.3, 0.4) is 0 Å². The molecule has 22 heavy (non-hydrogen) atoms. The summed E-state index contributed by atoms with van der Waals surface area (Å²) < 4.78 is 27.4. The van der Waals surface area contributed by atoms with E-state index in [0.717, 1.165) is 0 Å². The summed E-state index contributed by atoms with van der Waals surface area (Å²) in [4.78, 5) is 13.9. The molecule has 1 aliphatic rings. The number of hydrogen-bond donors (Lipinski definition) is 1. The Morgan fingerprint density at radius 3 is 2.50 bits per heavy atom. The molecule has 1 aromatic rings. The zero-order valence-electron chi connectivity index (χ0n) is 12.8. The molecule has 0 spiro atoms. The van der Waals surface area contributed by atoms with Crippen molar-refractivity contribution in [2.45, 2.75) is 37.6 Å². The van der Waals surface area contributed by atoms with E-state index in [4.69, 9.17) is 11.6 Å². The van der Waals surface area contributed by atoms with Gasteiger partial charge in [-0.25, -0.2) is 13.1 Å². The average molecular weight is 345 g/mol. The van der Waals surface area contributed by atoms with Crippen LogP contribution in [0, 0.1) is 5.92 Å². The van der Waals surface area contributed by atoms with Gasteiger partial charge in [-0.1, -0.05) is 31.5 Å². The molecule has 122 valence electrons. The van der Waals surface area contributed by atoms with Crippen LogP contribution in [-0.2, 0) is 14.8 Å². The maximum atomic E-state index is 12.3. The van der Waals surface area contributed by atoms with E-state index in [2.05, 4.69) is 4.72 Å². The minimum atomic E-state index is -3.57. The van der Waals surface area contributed by atoms with Crippen LogP contribution in [0.4, 0.5) is 0 Å². The fraction of sp³-hybridized carbons (Fsp3) is 0.533. The van der Waals surface area contributed by atoms with Gasteiger partial charge in [0.15, 0.2) is 0 Å². The van der Waals surface area contributed by atoms with Crippen molar-refractivity contribution in [1.82, 2.24) is 9.62 Å². The minimum absolute atomic E-state index is 0.0281.